The summed E-state index contributed by atoms with van der Waals surface area (Å²) in [5.41, 5.74) is 3.73. The van der Waals surface area contributed by atoms with Crippen molar-refractivity contribution in [2.75, 3.05) is 19.1 Å². The van der Waals surface area contributed by atoms with Crippen LogP contribution in [-0.2, 0) is 0 Å². The molecular weight excluding hydrogens is 266 g/mol. The summed E-state index contributed by atoms with van der Waals surface area (Å²) in [4.78, 5) is 4.13. The number of hydrogen-bond donors (Lipinski definition) is 1. The van der Waals surface area contributed by atoms with Crippen LogP contribution in [0.5, 0.6) is 11.5 Å². The lowest BCUT2D eigenvalue weighted by Crippen LogP contribution is -2.02. The van der Waals surface area contributed by atoms with Gasteiger partial charge in [-0.3, -0.25) is 5.43 Å². The normalized spacial score (nSPS) is 10.6. The number of hydrazone groups is 1. The van der Waals surface area contributed by atoms with Crippen LogP contribution in [0.2, 0.25) is 0 Å². The third-order valence-corrected chi connectivity index (χ3v) is 2.73. The van der Waals surface area contributed by atoms with E-state index < -0.39 is 0 Å². The van der Waals surface area contributed by atoms with Crippen molar-refractivity contribution >= 4 is 12.0 Å². The Bertz CT molecular complexity index is 585. The molecule has 0 aliphatic rings. The highest BCUT2D eigenvalue weighted by atomic mass is 16.5. The van der Waals surface area contributed by atoms with Crippen LogP contribution >= 0.6 is 0 Å². The summed E-state index contributed by atoms with van der Waals surface area (Å²) in [5.74, 6) is 2.09. The molecule has 0 radical (unpaired) electrons. The van der Waals surface area contributed by atoms with E-state index in [0.717, 1.165) is 12.0 Å². The fourth-order valence-electron chi connectivity index (χ4n) is 1.75. The number of aromatic nitrogens is 1. The molecule has 5 nitrogen and oxygen atoms in total. The summed E-state index contributed by atoms with van der Waals surface area (Å²) in [5, 5.41) is 4.18. The molecule has 2 rings (SSSR count). The Kier molecular flexibility index (Phi) is 5.58. The van der Waals surface area contributed by atoms with E-state index in [1.807, 2.05) is 36.4 Å². The summed E-state index contributed by atoms with van der Waals surface area (Å²) in [6.45, 7) is 2.70. The number of nitrogens with zero attached hydrogens (tertiary/aromatic N) is 2. The quantitative estimate of drug-likeness (QED) is 0.626. The van der Waals surface area contributed by atoms with Crippen molar-refractivity contribution in [3.63, 3.8) is 0 Å². The number of anilines is 1. The Labute approximate surface area is 124 Å². The Morgan fingerprint density at radius 2 is 2.14 bits per heavy atom. The summed E-state index contributed by atoms with van der Waals surface area (Å²) < 4.78 is 11.1. The first-order valence-electron chi connectivity index (χ1n) is 6.85. The molecule has 2 aromatic rings. The number of pyridine rings is 1. The highest BCUT2D eigenvalue weighted by molar-refractivity contribution is 5.85. The number of rotatable bonds is 7. The summed E-state index contributed by atoms with van der Waals surface area (Å²) in [6, 6.07) is 11.3. The fourth-order valence-corrected chi connectivity index (χ4v) is 1.75. The highest BCUT2D eigenvalue weighted by Gasteiger charge is 2.08. The van der Waals surface area contributed by atoms with E-state index in [-0.39, 0.29) is 0 Å². The predicted molar refractivity (Wildman–Crippen MR) is 84.2 cm³/mol. The molecule has 1 aromatic carbocycles. The minimum atomic E-state index is 0.634. The number of ether oxygens (including phenoxy) is 2. The van der Waals surface area contributed by atoms with Crippen molar-refractivity contribution in [3.8, 4) is 11.5 Å². The molecule has 21 heavy (non-hydrogen) atoms. The third kappa shape index (κ3) is 4.21. The zero-order chi connectivity index (χ0) is 14.9. The Morgan fingerprint density at radius 1 is 1.24 bits per heavy atom. The maximum absolute atomic E-state index is 5.75. The Morgan fingerprint density at radius 3 is 2.86 bits per heavy atom. The lowest BCUT2D eigenvalue weighted by atomic mass is 10.2. The minimum absolute atomic E-state index is 0.634. The predicted octanol–water partition coefficient (Wildman–Crippen LogP) is 3.33. The molecule has 0 fully saturated rings. The van der Waals surface area contributed by atoms with Gasteiger partial charge in [-0.15, -0.1) is 0 Å². The molecular formula is C16H19N3O2. The smallest absolute Gasteiger partial charge is 0.169 e. The van der Waals surface area contributed by atoms with Crippen LogP contribution in [-0.4, -0.2) is 24.9 Å². The van der Waals surface area contributed by atoms with E-state index in [1.54, 1.807) is 19.5 Å². The van der Waals surface area contributed by atoms with E-state index in [1.165, 1.54) is 0 Å². The van der Waals surface area contributed by atoms with Crippen LogP contribution in [0.15, 0.2) is 47.7 Å². The van der Waals surface area contributed by atoms with Gasteiger partial charge in [-0.2, -0.15) is 5.10 Å². The van der Waals surface area contributed by atoms with Crippen molar-refractivity contribution in [1.29, 1.82) is 0 Å². The van der Waals surface area contributed by atoms with Crippen LogP contribution in [0.4, 0.5) is 5.82 Å². The SMILES string of the molecule is CCCOc1c(/C=N/Nc2ccccn2)cccc1OC. The maximum Gasteiger partial charge on any atom is 0.169 e. The molecule has 0 bridgehead atoms. The molecule has 0 atom stereocenters. The van der Waals surface area contributed by atoms with Crippen LogP contribution < -0.4 is 14.9 Å². The highest BCUT2D eigenvalue weighted by Crippen LogP contribution is 2.30. The van der Waals surface area contributed by atoms with Crippen molar-refractivity contribution in [1.82, 2.24) is 4.98 Å². The number of methoxy groups -OCH3 is 1. The molecule has 0 spiro atoms. The van der Waals surface area contributed by atoms with Crippen molar-refractivity contribution in [3.05, 3.63) is 48.2 Å². The molecule has 0 amide bonds. The summed E-state index contributed by atoms with van der Waals surface area (Å²) in [7, 11) is 1.63. The molecule has 0 aliphatic heterocycles. The summed E-state index contributed by atoms with van der Waals surface area (Å²) >= 11 is 0. The van der Waals surface area contributed by atoms with Gasteiger partial charge in [-0.1, -0.05) is 19.1 Å². The van der Waals surface area contributed by atoms with E-state index in [0.29, 0.717) is 23.9 Å². The molecule has 1 N–H and O–H groups in total. The van der Waals surface area contributed by atoms with Gasteiger partial charge in [0.1, 0.15) is 5.82 Å². The lowest BCUT2D eigenvalue weighted by molar-refractivity contribution is 0.294. The van der Waals surface area contributed by atoms with Gasteiger partial charge in [0.15, 0.2) is 11.5 Å². The van der Waals surface area contributed by atoms with Crippen molar-refractivity contribution < 1.29 is 9.47 Å². The molecule has 0 saturated carbocycles. The average Bonchev–Trinajstić information content (AvgIpc) is 2.54. The van der Waals surface area contributed by atoms with Gasteiger partial charge >= 0.3 is 0 Å². The first kappa shape index (κ1) is 14.8. The van der Waals surface area contributed by atoms with E-state index >= 15 is 0 Å². The van der Waals surface area contributed by atoms with Crippen molar-refractivity contribution in [2.24, 2.45) is 5.10 Å². The van der Waals surface area contributed by atoms with Gasteiger partial charge in [0.2, 0.25) is 0 Å². The molecule has 0 aliphatic carbocycles. The van der Waals surface area contributed by atoms with Crippen LogP contribution in [0, 0.1) is 0 Å². The number of nitrogens with one attached hydrogen (secondary N) is 1. The minimum Gasteiger partial charge on any atom is -0.493 e. The molecule has 0 saturated heterocycles. The molecule has 1 heterocycles. The molecule has 5 heteroatoms. The first-order valence-corrected chi connectivity index (χ1v) is 6.85. The second-order valence-corrected chi connectivity index (χ2v) is 4.31. The van der Waals surface area contributed by atoms with Gasteiger partial charge in [-0.05, 0) is 30.7 Å². The van der Waals surface area contributed by atoms with Gasteiger partial charge in [-0.25, -0.2) is 4.98 Å². The standard InChI is InChI=1S/C16H19N3O2/c1-3-11-21-16-13(7-6-8-14(16)20-2)12-18-19-15-9-4-5-10-17-15/h4-10,12H,3,11H2,1-2H3,(H,17,19)/b18-12+. The first-order chi connectivity index (χ1) is 10.3. The summed E-state index contributed by atoms with van der Waals surface area (Å²) in [6.07, 6.45) is 4.34. The van der Waals surface area contributed by atoms with E-state index in [4.69, 9.17) is 9.47 Å². The topological polar surface area (TPSA) is 55.7 Å². The fraction of sp³-hybridized carbons (Fsp3) is 0.250. The Balaban J connectivity index is 2.14. The van der Waals surface area contributed by atoms with Gasteiger partial charge in [0, 0.05) is 11.8 Å². The van der Waals surface area contributed by atoms with Crippen molar-refractivity contribution in [2.45, 2.75) is 13.3 Å². The Hall–Kier alpha value is -2.56. The number of para-hydroxylation sites is 1. The number of benzene rings is 1. The second kappa shape index (κ2) is 7.89. The van der Waals surface area contributed by atoms with Crippen LogP contribution in [0.3, 0.4) is 0 Å². The van der Waals surface area contributed by atoms with Gasteiger partial charge < -0.3 is 9.47 Å². The van der Waals surface area contributed by atoms with Gasteiger partial charge in [0.25, 0.3) is 0 Å². The number of hydrogen-bond acceptors (Lipinski definition) is 5. The largest absolute Gasteiger partial charge is 0.493 e. The molecule has 0 unspecified atom stereocenters. The van der Waals surface area contributed by atoms with Gasteiger partial charge in [0.05, 0.1) is 19.9 Å². The maximum atomic E-state index is 5.75. The zero-order valence-corrected chi connectivity index (χ0v) is 12.2. The van der Waals surface area contributed by atoms with E-state index in [9.17, 15) is 0 Å². The zero-order valence-electron chi connectivity index (χ0n) is 12.2. The van der Waals surface area contributed by atoms with Crippen LogP contribution in [0.1, 0.15) is 18.9 Å². The van der Waals surface area contributed by atoms with Crippen LogP contribution in [0.25, 0.3) is 0 Å². The molecule has 1 aromatic heterocycles. The van der Waals surface area contributed by atoms with E-state index in [2.05, 4.69) is 22.4 Å². The third-order valence-electron chi connectivity index (χ3n) is 2.73. The molecule has 110 valence electrons. The lowest BCUT2D eigenvalue weighted by Gasteiger charge is -2.12. The average molecular weight is 285 g/mol. The second-order valence-electron chi connectivity index (χ2n) is 4.31. The monoisotopic (exact) mass is 285 g/mol.